The molecule has 3 saturated carbocycles. The van der Waals surface area contributed by atoms with Gasteiger partial charge in [-0.15, -0.1) is 0 Å². The van der Waals surface area contributed by atoms with Gasteiger partial charge in [0.2, 0.25) is 0 Å². The SMILES string of the molecule is CCOC(=O)C12CC(C=O)(C1)C2. The molecule has 0 aromatic carbocycles. The van der Waals surface area contributed by atoms with Crippen molar-refractivity contribution < 1.29 is 14.3 Å². The fourth-order valence-corrected chi connectivity index (χ4v) is 2.49. The third-order valence-corrected chi connectivity index (χ3v) is 3.03. The van der Waals surface area contributed by atoms with Crippen molar-refractivity contribution in [2.75, 3.05) is 6.61 Å². The van der Waals surface area contributed by atoms with Crippen LogP contribution in [0.15, 0.2) is 0 Å². The minimum absolute atomic E-state index is 0.103. The highest BCUT2D eigenvalue weighted by molar-refractivity contribution is 5.86. The van der Waals surface area contributed by atoms with Gasteiger partial charge in [-0.25, -0.2) is 0 Å². The minimum Gasteiger partial charge on any atom is -0.466 e. The normalized spacial score (nSPS) is 42.4. The van der Waals surface area contributed by atoms with E-state index in [0.29, 0.717) is 6.61 Å². The third-order valence-electron chi connectivity index (χ3n) is 3.03. The highest BCUT2D eigenvalue weighted by Gasteiger charge is 2.72. The van der Waals surface area contributed by atoms with E-state index in [0.717, 1.165) is 25.5 Å². The first-order valence-electron chi connectivity index (χ1n) is 4.30. The van der Waals surface area contributed by atoms with Crippen molar-refractivity contribution in [3.8, 4) is 0 Å². The predicted molar refractivity (Wildman–Crippen MR) is 41.4 cm³/mol. The van der Waals surface area contributed by atoms with Crippen molar-refractivity contribution in [3.05, 3.63) is 0 Å². The van der Waals surface area contributed by atoms with Crippen LogP contribution in [0.25, 0.3) is 0 Å². The van der Waals surface area contributed by atoms with E-state index in [1.165, 1.54) is 0 Å². The Kier molecular flexibility index (Phi) is 1.35. The van der Waals surface area contributed by atoms with E-state index in [2.05, 4.69) is 0 Å². The molecule has 0 N–H and O–H groups in total. The Morgan fingerprint density at radius 1 is 1.50 bits per heavy atom. The summed E-state index contributed by atoms with van der Waals surface area (Å²) in [4.78, 5) is 21.8. The molecule has 0 heterocycles. The highest BCUT2D eigenvalue weighted by Crippen LogP contribution is 2.72. The molecule has 12 heavy (non-hydrogen) atoms. The topological polar surface area (TPSA) is 43.4 Å². The average Bonchev–Trinajstić information content (AvgIpc) is 1.83. The standard InChI is InChI=1S/C9H12O3/c1-2-12-7(11)9-3-8(4-9,5-9)6-10/h6H,2-5H2,1H3. The summed E-state index contributed by atoms with van der Waals surface area (Å²) < 4.78 is 4.92. The number of carbonyl (C=O) groups is 2. The molecule has 3 heteroatoms. The zero-order chi connectivity index (χ0) is 8.82. The highest BCUT2D eigenvalue weighted by atomic mass is 16.5. The van der Waals surface area contributed by atoms with Gasteiger partial charge < -0.3 is 9.53 Å². The predicted octanol–water partition coefficient (Wildman–Crippen LogP) is 0.919. The maximum absolute atomic E-state index is 11.3. The van der Waals surface area contributed by atoms with Crippen molar-refractivity contribution in [2.45, 2.75) is 26.2 Å². The van der Waals surface area contributed by atoms with E-state index >= 15 is 0 Å². The molecule has 3 fully saturated rings. The summed E-state index contributed by atoms with van der Waals surface area (Å²) in [5.41, 5.74) is -0.385. The Hall–Kier alpha value is -0.860. The van der Waals surface area contributed by atoms with Gasteiger partial charge in [-0.3, -0.25) is 4.79 Å². The van der Waals surface area contributed by atoms with Crippen molar-refractivity contribution in [3.63, 3.8) is 0 Å². The summed E-state index contributed by atoms with van der Waals surface area (Å²) in [6, 6.07) is 0. The summed E-state index contributed by atoms with van der Waals surface area (Å²) in [5, 5.41) is 0. The molecule has 3 aliphatic carbocycles. The van der Waals surface area contributed by atoms with Crippen LogP contribution in [0.5, 0.6) is 0 Å². The first kappa shape index (κ1) is 7.77. The number of ether oxygens (including phenoxy) is 1. The van der Waals surface area contributed by atoms with Crippen LogP contribution in [0.4, 0.5) is 0 Å². The average molecular weight is 168 g/mol. The first-order chi connectivity index (χ1) is 5.66. The molecule has 0 atom stereocenters. The Morgan fingerprint density at radius 3 is 2.50 bits per heavy atom. The molecule has 3 aliphatic rings. The fraction of sp³-hybridized carbons (Fsp3) is 0.778. The van der Waals surface area contributed by atoms with Crippen LogP contribution in [0, 0.1) is 10.8 Å². The summed E-state index contributed by atoms with van der Waals surface area (Å²) >= 11 is 0. The monoisotopic (exact) mass is 168 g/mol. The van der Waals surface area contributed by atoms with Gasteiger partial charge in [-0.05, 0) is 26.2 Å². The van der Waals surface area contributed by atoms with Crippen molar-refractivity contribution >= 4 is 12.3 Å². The maximum Gasteiger partial charge on any atom is 0.312 e. The maximum atomic E-state index is 11.3. The second-order valence-corrected chi connectivity index (χ2v) is 4.01. The summed E-state index contributed by atoms with van der Waals surface area (Å²) in [5.74, 6) is -0.103. The molecule has 0 aliphatic heterocycles. The molecule has 0 radical (unpaired) electrons. The first-order valence-corrected chi connectivity index (χ1v) is 4.30. The smallest absolute Gasteiger partial charge is 0.312 e. The summed E-state index contributed by atoms with van der Waals surface area (Å²) in [7, 11) is 0. The van der Waals surface area contributed by atoms with Crippen LogP contribution in [-0.2, 0) is 14.3 Å². The van der Waals surface area contributed by atoms with Crippen molar-refractivity contribution in [1.29, 1.82) is 0 Å². The molecule has 0 unspecified atom stereocenters. The van der Waals surface area contributed by atoms with Gasteiger partial charge >= 0.3 is 5.97 Å². The van der Waals surface area contributed by atoms with Crippen LogP contribution in [0.1, 0.15) is 26.2 Å². The van der Waals surface area contributed by atoms with Crippen LogP contribution in [0.3, 0.4) is 0 Å². The fourth-order valence-electron chi connectivity index (χ4n) is 2.49. The molecule has 2 bridgehead atoms. The van der Waals surface area contributed by atoms with E-state index in [1.54, 1.807) is 6.92 Å². The molecule has 0 saturated heterocycles. The Bertz CT molecular complexity index is 224. The van der Waals surface area contributed by atoms with Crippen LogP contribution in [-0.4, -0.2) is 18.9 Å². The lowest BCUT2D eigenvalue weighted by Gasteiger charge is -2.65. The van der Waals surface area contributed by atoms with Gasteiger partial charge in [-0.2, -0.15) is 0 Å². The molecule has 0 spiro atoms. The lowest BCUT2D eigenvalue weighted by molar-refractivity contribution is -0.217. The van der Waals surface area contributed by atoms with Crippen LogP contribution in [0.2, 0.25) is 0 Å². The molecule has 0 aromatic rings. The van der Waals surface area contributed by atoms with Gasteiger partial charge in [0.25, 0.3) is 0 Å². The largest absolute Gasteiger partial charge is 0.466 e. The summed E-state index contributed by atoms with van der Waals surface area (Å²) in [6.45, 7) is 2.24. The molecular formula is C9H12O3. The molecule has 0 aromatic heterocycles. The van der Waals surface area contributed by atoms with Gasteiger partial charge in [-0.1, -0.05) is 0 Å². The van der Waals surface area contributed by atoms with Gasteiger partial charge in [0.1, 0.15) is 6.29 Å². The third kappa shape index (κ3) is 0.713. The molecule has 3 nitrogen and oxygen atoms in total. The zero-order valence-corrected chi connectivity index (χ0v) is 7.13. The quantitative estimate of drug-likeness (QED) is 0.465. The van der Waals surface area contributed by atoms with E-state index in [-0.39, 0.29) is 16.8 Å². The zero-order valence-electron chi connectivity index (χ0n) is 7.13. The van der Waals surface area contributed by atoms with E-state index in [4.69, 9.17) is 4.74 Å². The minimum atomic E-state index is -0.253. The number of hydrogen-bond donors (Lipinski definition) is 0. The van der Waals surface area contributed by atoms with Gasteiger partial charge in [0, 0.05) is 5.41 Å². The van der Waals surface area contributed by atoms with E-state index < -0.39 is 0 Å². The van der Waals surface area contributed by atoms with E-state index in [1.807, 2.05) is 0 Å². The Labute approximate surface area is 71.1 Å². The Morgan fingerprint density at radius 2 is 2.08 bits per heavy atom. The summed E-state index contributed by atoms with van der Waals surface area (Å²) in [6.07, 6.45) is 3.17. The van der Waals surface area contributed by atoms with Gasteiger partial charge in [0.15, 0.2) is 0 Å². The number of rotatable bonds is 3. The van der Waals surface area contributed by atoms with E-state index in [9.17, 15) is 9.59 Å². The number of aldehydes is 1. The number of esters is 1. The lowest BCUT2D eigenvalue weighted by Crippen LogP contribution is -2.66. The van der Waals surface area contributed by atoms with Gasteiger partial charge in [0.05, 0.1) is 12.0 Å². The lowest BCUT2D eigenvalue weighted by atomic mass is 9.36. The number of carbonyl (C=O) groups excluding carboxylic acids is 2. The number of hydrogen-bond acceptors (Lipinski definition) is 3. The van der Waals surface area contributed by atoms with Crippen molar-refractivity contribution in [2.24, 2.45) is 10.8 Å². The van der Waals surface area contributed by atoms with Crippen LogP contribution >= 0.6 is 0 Å². The van der Waals surface area contributed by atoms with Crippen molar-refractivity contribution in [1.82, 2.24) is 0 Å². The Balaban J connectivity index is 1.95. The van der Waals surface area contributed by atoms with Crippen LogP contribution < -0.4 is 0 Å². The molecule has 66 valence electrons. The molecule has 3 rings (SSSR count). The molecular weight excluding hydrogens is 156 g/mol. The molecule has 0 amide bonds. The second-order valence-electron chi connectivity index (χ2n) is 4.01. The second kappa shape index (κ2) is 2.09.